The van der Waals surface area contributed by atoms with Crippen molar-refractivity contribution in [2.24, 2.45) is 5.92 Å². The molecule has 2 rings (SSSR count). The van der Waals surface area contributed by atoms with Crippen molar-refractivity contribution in [3.8, 4) is 6.07 Å². The van der Waals surface area contributed by atoms with Gasteiger partial charge in [0.1, 0.15) is 6.61 Å². The first kappa shape index (κ1) is 18.5. The number of allylic oxidation sites excluding steroid dienone is 1. The summed E-state index contributed by atoms with van der Waals surface area (Å²) in [6.45, 7) is 1.34. The Kier molecular flexibility index (Phi) is 7.02. The molecule has 1 fully saturated rings. The highest BCUT2D eigenvalue weighted by Crippen LogP contribution is 2.27. The maximum absolute atomic E-state index is 12.2. The van der Waals surface area contributed by atoms with Gasteiger partial charge in [-0.05, 0) is 29.9 Å². The number of carbonyl (C=O) groups is 2. The van der Waals surface area contributed by atoms with Crippen LogP contribution in [0.4, 0.5) is 4.79 Å². The van der Waals surface area contributed by atoms with Gasteiger partial charge in [0.25, 0.3) is 0 Å². The van der Waals surface area contributed by atoms with Crippen molar-refractivity contribution in [2.45, 2.75) is 25.9 Å². The number of hydrogen-bond donors (Lipinski definition) is 0. The second-order valence-electron chi connectivity index (χ2n) is 5.90. The first-order chi connectivity index (χ1) is 12.1. The molecule has 0 saturated carbocycles. The van der Waals surface area contributed by atoms with Crippen LogP contribution in [0.2, 0.25) is 0 Å². The average Bonchev–Trinajstić information content (AvgIpc) is 2.66. The van der Waals surface area contributed by atoms with Crippen LogP contribution in [0.3, 0.4) is 0 Å². The fourth-order valence-corrected chi connectivity index (χ4v) is 2.88. The van der Waals surface area contributed by atoms with Crippen LogP contribution in [0.25, 0.3) is 0 Å². The molecule has 1 aliphatic heterocycles. The number of esters is 1. The molecule has 0 radical (unpaired) electrons. The van der Waals surface area contributed by atoms with Gasteiger partial charge in [0.15, 0.2) is 0 Å². The molecular formula is C19H22N2O4. The minimum Gasteiger partial charge on any atom is -0.469 e. The minimum absolute atomic E-state index is 0.108. The largest absolute Gasteiger partial charge is 0.469 e. The lowest BCUT2D eigenvalue weighted by atomic mass is 9.87. The monoisotopic (exact) mass is 342 g/mol. The summed E-state index contributed by atoms with van der Waals surface area (Å²) in [5, 5.41) is 8.91. The molecule has 6 heteroatoms. The van der Waals surface area contributed by atoms with E-state index in [4.69, 9.17) is 10.00 Å². The number of rotatable bonds is 5. The van der Waals surface area contributed by atoms with Crippen molar-refractivity contribution in [3.05, 3.63) is 47.5 Å². The van der Waals surface area contributed by atoms with E-state index in [0.717, 1.165) is 11.1 Å². The molecule has 0 aliphatic carbocycles. The highest BCUT2D eigenvalue weighted by molar-refractivity contribution is 5.72. The average molecular weight is 342 g/mol. The highest BCUT2D eigenvalue weighted by atomic mass is 16.6. The molecule has 0 atom stereocenters. The Morgan fingerprint density at radius 3 is 2.56 bits per heavy atom. The minimum atomic E-state index is -0.355. The molecule has 0 unspecified atom stereocenters. The summed E-state index contributed by atoms with van der Waals surface area (Å²) in [6, 6.07) is 11.5. The molecule has 0 aromatic heterocycles. The van der Waals surface area contributed by atoms with Crippen molar-refractivity contribution in [1.82, 2.24) is 4.90 Å². The molecule has 0 N–H and O–H groups in total. The predicted octanol–water partition coefficient (Wildman–Crippen LogP) is 3.05. The van der Waals surface area contributed by atoms with Gasteiger partial charge in [0.2, 0.25) is 0 Å². The molecule has 1 aromatic rings. The lowest BCUT2D eigenvalue weighted by molar-refractivity contribution is -0.139. The molecule has 0 bridgehead atoms. The van der Waals surface area contributed by atoms with Crippen molar-refractivity contribution in [2.75, 3.05) is 20.2 Å². The normalized spacial score (nSPS) is 15.4. The van der Waals surface area contributed by atoms with E-state index in [0.29, 0.717) is 25.9 Å². The maximum atomic E-state index is 12.2. The molecule has 0 spiro atoms. The SMILES string of the molecule is COC(=O)CC(=CC#N)C1CCN(C(=O)OCc2ccccc2)CC1. The first-order valence-electron chi connectivity index (χ1n) is 8.25. The van der Waals surface area contributed by atoms with Crippen LogP contribution in [0, 0.1) is 17.2 Å². The number of methoxy groups -OCH3 is 1. The highest BCUT2D eigenvalue weighted by Gasteiger charge is 2.27. The first-order valence-corrected chi connectivity index (χ1v) is 8.25. The lowest BCUT2D eigenvalue weighted by Gasteiger charge is -2.32. The summed E-state index contributed by atoms with van der Waals surface area (Å²) >= 11 is 0. The van der Waals surface area contributed by atoms with E-state index in [-0.39, 0.29) is 31.0 Å². The summed E-state index contributed by atoms with van der Waals surface area (Å²) in [6.07, 6.45) is 2.61. The van der Waals surface area contributed by atoms with E-state index in [1.54, 1.807) is 4.90 Å². The van der Waals surface area contributed by atoms with Crippen LogP contribution < -0.4 is 0 Å². The standard InChI is InChI=1S/C19H22N2O4/c1-24-18(22)13-17(7-10-20)16-8-11-21(12-9-16)19(23)25-14-15-5-3-2-4-6-15/h2-7,16H,8-9,11-14H2,1H3. The fourth-order valence-electron chi connectivity index (χ4n) is 2.88. The van der Waals surface area contributed by atoms with Gasteiger partial charge in [-0.2, -0.15) is 5.26 Å². The Morgan fingerprint density at radius 1 is 1.28 bits per heavy atom. The summed E-state index contributed by atoms with van der Waals surface area (Å²) in [7, 11) is 1.33. The molecular weight excluding hydrogens is 320 g/mol. The smallest absolute Gasteiger partial charge is 0.410 e. The number of ether oxygens (including phenoxy) is 2. The Bertz CT molecular complexity index is 656. The van der Waals surface area contributed by atoms with Crippen molar-refractivity contribution in [1.29, 1.82) is 5.26 Å². The van der Waals surface area contributed by atoms with Gasteiger partial charge in [-0.3, -0.25) is 4.79 Å². The number of amides is 1. The maximum Gasteiger partial charge on any atom is 0.410 e. The summed E-state index contributed by atoms with van der Waals surface area (Å²) in [4.78, 5) is 25.3. The van der Waals surface area contributed by atoms with Crippen LogP contribution in [0.5, 0.6) is 0 Å². The molecule has 1 aromatic carbocycles. The summed E-state index contributed by atoms with van der Waals surface area (Å²) < 4.78 is 10.0. The van der Waals surface area contributed by atoms with E-state index in [1.165, 1.54) is 13.2 Å². The number of carbonyl (C=O) groups excluding carboxylic acids is 2. The zero-order valence-electron chi connectivity index (χ0n) is 14.3. The fraction of sp³-hybridized carbons (Fsp3) is 0.421. The zero-order chi connectivity index (χ0) is 18.1. The second kappa shape index (κ2) is 9.48. The Labute approximate surface area is 147 Å². The second-order valence-corrected chi connectivity index (χ2v) is 5.90. The zero-order valence-corrected chi connectivity index (χ0v) is 14.3. The van der Waals surface area contributed by atoms with Gasteiger partial charge in [-0.25, -0.2) is 4.79 Å². The Morgan fingerprint density at radius 2 is 1.96 bits per heavy atom. The number of nitriles is 1. The number of piperidine rings is 1. The molecule has 1 saturated heterocycles. The molecule has 132 valence electrons. The van der Waals surface area contributed by atoms with E-state index in [1.807, 2.05) is 36.4 Å². The third-order valence-corrected chi connectivity index (χ3v) is 4.31. The van der Waals surface area contributed by atoms with E-state index in [9.17, 15) is 9.59 Å². The quantitative estimate of drug-likeness (QED) is 0.607. The van der Waals surface area contributed by atoms with Crippen molar-refractivity contribution >= 4 is 12.1 Å². The third kappa shape index (κ3) is 5.64. The van der Waals surface area contributed by atoms with Crippen LogP contribution in [-0.2, 0) is 20.9 Å². The van der Waals surface area contributed by atoms with Gasteiger partial charge >= 0.3 is 12.1 Å². The van der Waals surface area contributed by atoms with Gasteiger partial charge in [0.05, 0.1) is 19.6 Å². The van der Waals surface area contributed by atoms with Crippen LogP contribution in [-0.4, -0.2) is 37.2 Å². The van der Waals surface area contributed by atoms with E-state index in [2.05, 4.69) is 4.74 Å². The number of likely N-dealkylation sites (tertiary alicyclic amines) is 1. The summed E-state index contributed by atoms with van der Waals surface area (Å²) in [5.74, 6) is -0.247. The predicted molar refractivity (Wildman–Crippen MR) is 91.3 cm³/mol. The molecule has 1 amide bonds. The van der Waals surface area contributed by atoms with Gasteiger partial charge in [0, 0.05) is 19.2 Å². The van der Waals surface area contributed by atoms with Crippen LogP contribution >= 0.6 is 0 Å². The van der Waals surface area contributed by atoms with Gasteiger partial charge < -0.3 is 14.4 Å². The Balaban J connectivity index is 1.83. The number of nitrogens with zero attached hydrogens (tertiary/aromatic N) is 2. The molecule has 1 heterocycles. The molecule has 1 aliphatic rings. The van der Waals surface area contributed by atoms with Gasteiger partial charge in [-0.15, -0.1) is 0 Å². The van der Waals surface area contributed by atoms with Crippen LogP contribution in [0.1, 0.15) is 24.8 Å². The number of benzene rings is 1. The van der Waals surface area contributed by atoms with E-state index >= 15 is 0 Å². The summed E-state index contributed by atoms with van der Waals surface area (Å²) in [5.41, 5.74) is 1.72. The van der Waals surface area contributed by atoms with Gasteiger partial charge in [-0.1, -0.05) is 30.3 Å². The van der Waals surface area contributed by atoms with E-state index < -0.39 is 0 Å². The topological polar surface area (TPSA) is 79.6 Å². The lowest BCUT2D eigenvalue weighted by Crippen LogP contribution is -2.39. The Hall–Kier alpha value is -2.81. The molecule has 25 heavy (non-hydrogen) atoms. The number of hydrogen-bond acceptors (Lipinski definition) is 5. The third-order valence-electron chi connectivity index (χ3n) is 4.31. The molecule has 6 nitrogen and oxygen atoms in total. The van der Waals surface area contributed by atoms with Crippen LogP contribution in [0.15, 0.2) is 42.0 Å². The van der Waals surface area contributed by atoms with Crippen molar-refractivity contribution < 1.29 is 19.1 Å². The van der Waals surface area contributed by atoms with Crippen molar-refractivity contribution in [3.63, 3.8) is 0 Å².